The average molecular weight is 270 g/mol. The molecule has 1 fully saturated rings. The molecular formula is C16H18N2O2. The molecule has 3 rings (SSSR count). The van der Waals surface area contributed by atoms with Crippen LogP contribution in [0.5, 0.6) is 5.88 Å². The van der Waals surface area contributed by atoms with E-state index < -0.39 is 0 Å². The second-order valence-corrected chi connectivity index (χ2v) is 5.18. The van der Waals surface area contributed by atoms with Gasteiger partial charge in [0.15, 0.2) is 0 Å². The Balaban J connectivity index is 1.52. The Kier molecular flexibility index (Phi) is 3.81. The maximum atomic E-state index is 11.5. The molecule has 4 heteroatoms. The fourth-order valence-corrected chi connectivity index (χ4v) is 2.18. The fraction of sp³-hybridized carbons (Fsp3) is 0.375. The summed E-state index contributed by atoms with van der Waals surface area (Å²) >= 11 is 0. The first-order valence-corrected chi connectivity index (χ1v) is 7.09. The van der Waals surface area contributed by atoms with Crippen molar-refractivity contribution >= 4 is 0 Å². The van der Waals surface area contributed by atoms with Crippen molar-refractivity contribution in [2.75, 3.05) is 6.61 Å². The summed E-state index contributed by atoms with van der Waals surface area (Å²) in [5, 5.41) is 0. The standard InChI is InChI=1S/C16H18N2O2/c19-14-11-15(18-16(17-14)13-8-9-13)20-10-4-7-12-5-2-1-3-6-12/h1-3,5-6,11,13H,4,7-10H2,(H,17,18,19). The third kappa shape index (κ3) is 3.47. The van der Waals surface area contributed by atoms with Crippen LogP contribution in [0.25, 0.3) is 0 Å². The second kappa shape index (κ2) is 5.90. The van der Waals surface area contributed by atoms with Gasteiger partial charge in [0.25, 0.3) is 5.56 Å². The monoisotopic (exact) mass is 270 g/mol. The number of aromatic amines is 1. The zero-order chi connectivity index (χ0) is 13.8. The van der Waals surface area contributed by atoms with Gasteiger partial charge in [-0.15, -0.1) is 0 Å². The number of H-pyrrole nitrogens is 1. The number of rotatable bonds is 6. The van der Waals surface area contributed by atoms with Gasteiger partial charge in [0.05, 0.1) is 12.7 Å². The van der Waals surface area contributed by atoms with E-state index in [0.717, 1.165) is 31.5 Å². The highest BCUT2D eigenvalue weighted by molar-refractivity contribution is 5.15. The number of nitrogens with zero attached hydrogens (tertiary/aromatic N) is 1. The summed E-state index contributed by atoms with van der Waals surface area (Å²) in [7, 11) is 0. The molecule has 0 atom stereocenters. The zero-order valence-electron chi connectivity index (χ0n) is 11.3. The molecule has 0 unspecified atom stereocenters. The summed E-state index contributed by atoms with van der Waals surface area (Å²) in [4.78, 5) is 18.7. The predicted octanol–water partition coefficient (Wildman–Crippen LogP) is 2.66. The topological polar surface area (TPSA) is 55.0 Å². The van der Waals surface area contributed by atoms with E-state index in [1.807, 2.05) is 18.2 Å². The van der Waals surface area contributed by atoms with E-state index in [1.54, 1.807) is 0 Å². The Morgan fingerprint density at radius 2 is 2.05 bits per heavy atom. The number of benzene rings is 1. The molecule has 1 N–H and O–H groups in total. The third-order valence-electron chi connectivity index (χ3n) is 3.40. The van der Waals surface area contributed by atoms with Crippen LogP contribution in [0.1, 0.15) is 36.6 Å². The molecule has 0 saturated heterocycles. The minimum absolute atomic E-state index is 0.125. The number of nitrogens with one attached hydrogen (secondary N) is 1. The van der Waals surface area contributed by atoms with E-state index in [1.165, 1.54) is 11.6 Å². The fourth-order valence-electron chi connectivity index (χ4n) is 2.18. The smallest absolute Gasteiger partial charge is 0.254 e. The Bertz CT molecular complexity index is 618. The lowest BCUT2D eigenvalue weighted by Gasteiger charge is -2.06. The number of aryl methyl sites for hydroxylation is 1. The van der Waals surface area contributed by atoms with Crippen LogP contribution in [-0.2, 0) is 6.42 Å². The van der Waals surface area contributed by atoms with Gasteiger partial charge in [-0.3, -0.25) is 4.79 Å². The number of aromatic nitrogens is 2. The molecule has 1 aromatic heterocycles. The van der Waals surface area contributed by atoms with Gasteiger partial charge < -0.3 is 9.72 Å². The van der Waals surface area contributed by atoms with Crippen molar-refractivity contribution in [2.24, 2.45) is 0 Å². The third-order valence-corrected chi connectivity index (χ3v) is 3.40. The first kappa shape index (κ1) is 12.9. The highest BCUT2D eigenvalue weighted by Gasteiger charge is 2.26. The minimum atomic E-state index is -0.125. The van der Waals surface area contributed by atoms with E-state index in [-0.39, 0.29) is 5.56 Å². The summed E-state index contributed by atoms with van der Waals surface area (Å²) in [6, 6.07) is 11.7. The van der Waals surface area contributed by atoms with Crippen molar-refractivity contribution in [1.29, 1.82) is 0 Å². The normalized spacial score (nSPS) is 14.2. The van der Waals surface area contributed by atoms with Gasteiger partial charge in [-0.2, -0.15) is 4.98 Å². The SMILES string of the molecule is O=c1cc(OCCCc2ccccc2)nc(C2CC2)[nH]1. The molecule has 1 aliphatic carbocycles. The first-order valence-electron chi connectivity index (χ1n) is 7.09. The Morgan fingerprint density at radius 3 is 2.80 bits per heavy atom. The van der Waals surface area contributed by atoms with Crippen molar-refractivity contribution in [3.8, 4) is 5.88 Å². The van der Waals surface area contributed by atoms with Crippen molar-refractivity contribution in [2.45, 2.75) is 31.6 Å². The zero-order valence-corrected chi connectivity index (χ0v) is 11.3. The molecule has 0 aliphatic heterocycles. The Labute approximate surface area is 117 Å². The van der Waals surface area contributed by atoms with Gasteiger partial charge in [-0.25, -0.2) is 0 Å². The number of hydrogen-bond acceptors (Lipinski definition) is 3. The van der Waals surface area contributed by atoms with Crippen molar-refractivity contribution in [3.63, 3.8) is 0 Å². The minimum Gasteiger partial charge on any atom is -0.477 e. The summed E-state index contributed by atoms with van der Waals surface area (Å²) in [6.07, 6.45) is 4.11. The number of hydrogen-bond donors (Lipinski definition) is 1. The van der Waals surface area contributed by atoms with Gasteiger partial charge in [-0.05, 0) is 31.2 Å². The van der Waals surface area contributed by atoms with Crippen LogP contribution >= 0.6 is 0 Å². The largest absolute Gasteiger partial charge is 0.477 e. The van der Waals surface area contributed by atoms with E-state index in [9.17, 15) is 4.79 Å². The highest BCUT2D eigenvalue weighted by atomic mass is 16.5. The summed E-state index contributed by atoms with van der Waals surface area (Å²) in [5.41, 5.74) is 1.17. The van der Waals surface area contributed by atoms with Gasteiger partial charge in [0.1, 0.15) is 5.82 Å². The molecule has 2 aromatic rings. The molecule has 20 heavy (non-hydrogen) atoms. The molecule has 1 aliphatic rings. The summed E-state index contributed by atoms with van der Waals surface area (Å²) < 4.78 is 5.60. The predicted molar refractivity (Wildman–Crippen MR) is 77.1 cm³/mol. The van der Waals surface area contributed by atoms with Crippen LogP contribution < -0.4 is 10.3 Å². The van der Waals surface area contributed by atoms with E-state index in [4.69, 9.17) is 4.74 Å². The van der Waals surface area contributed by atoms with Gasteiger partial charge in [-0.1, -0.05) is 30.3 Å². The summed E-state index contributed by atoms with van der Waals surface area (Å²) in [5.74, 6) is 1.65. The molecule has 4 nitrogen and oxygen atoms in total. The van der Waals surface area contributed by atoms with E-state index in [0.29, 0.717) is 18.4 Å². The number of ether oxygens (including phenoxy) is 1. The highest BCUT2D eigenvalue weighted by Crippen LogP contribution is 2.37. The van der Waals surface area contributed by atoms with Gasteiger partial charge in [0, 0.05) is 5.92 Å². The molecule has 0 bridgehead atoms. The average Bonchev–Trinajstić information content (AvgIpc) is 3.29. The van der Waals surface area contributed by atoms with Crippen LogP contribution in [0.4, 0.5) is 0 Å². The Hall–Kier alpha value is -2.10. The van der Waals surface area contributed by atoms with Crippen LogP contribution in [0.3, 0.4) is 0 Å². The lowest BCUT2D eigenvalue weighted by molar-refractivity contribution is 0.297. The molecule has 0 amide bonds. The molecule has 1 saturated carbocycles. The molecule has 1 heterocycles. The lowest BCUT2D eigenvalue weighted by atomic mass is 10.1. The van der Waals surface area contributed by atoms with E-state index >= 15 is 0 Å². The van der Waals surface area contributed by atoms with Crippen molar-refractivity contribution < 1.29 is 4.74 Å². The lowest BCUT2D eigenvalue weighted by Crippen LogP contribution is -2.12. The van der Waals surface area contributed by atoms with Crippen LogP contribution in [0.2, 0.25) is 0 Å². The quantitative estimate of drug-likeness (QED) is 0.821. The second-order valence-electron chi connectivity index (χ2n) is 5.18. The first-order chi connectivity index (χ1) is 9.81. The molecular weight excluding hydrogens is 252 g/mol. The maximum absolute atomic E-state index is 11.5. The van der Waals surface area contributed by atoms with Crippen LogP contribution in [0, 0.1) is 0 Å². The van der Waals surface area contributed by atoms with Crippen LogP contribution in [0.15, 0.2) is 41.2 Å². The van der Waals surface area contributed by atoms with Crippen LogP contribution in [-0.4, -0.2) is 16.6 Å². The summed E-state index contributed by atoms with van der Waals surface area (Å²) in [6.45, 7) is 0.579. The maximum Gasteiger partial charge on any atom is 0.254 e. The van der Waals surface area contributed by atoms with E-state index in [2.05, 4.69) is 22.1 Å². The molecule has 1 aromatic carbocycles. The van der Waals surface area contributed by atoms with Crippen molar-refractivity contribution in [3.05, 3.63) is 58.1 Å². The van der Waals surface area contributed by atoms with Gasteiger partial charge in [0.2, 0.25) is 5.88 Å². The Morgan fingerprint density at radius 1 is 1.25 bits per heavy atom. The van der Waals surface area contributed by atoms with Gasteiger partial charge >= 0.3 is 0 Å². The molecule has 0 radical (unpaired) electrons. The molecule has 104 valence electrons. The van der Waals surface area contributed by atoms with Crippen molar-refractivity contribution in [1.82, 2.24) is 9.97 Å². The molecule has 0 spiro atoms.